The zero-order chi connectivity index (χ0) is 14.9. The SMILES string of the molecule is CSC1CCCCC1N1CC(=O)NC2(CCCCC2)C1=O. The van der Waals surface area contributed by atoms with Gasteiger partial charge in [0, 0.05) is 11.3 Å². The summed E-state index contributed by atoms with van der Waals surface area (Å²) in [4.78, 5) is 27.3. The molecule has 0 aromatic rings. The summed E-state index contributed by atoms with van der Waals surface area (Å²) in [5.74, 6) is 0.245. The van der Waals surface area contributed by atoms with Crippen LogP contribution in [0.5, 0.6) is 0 Å². The fourth-order valence-corrected chi connectivity index (χ4v) is 5.33. The number of carbonyl (C=O) groups is 2. The van der Waals surface area contributed by atoms with Gasteiger partial charge in [-0.1, -0.05) is 32.1 Å². The fraction of sp³-hybridized carbons (Fsp3) is 0.875. The van der Waals surface area contributed by atoms with Crippen LogP contribution in [0.2, 0.25) is 0 Å². The lowest BCUT2D eigenvalue weighted by Crippen LogP contribution is -2.69. The van der Waals surface area contributed by atoms with Gasteiger partial charge in [-0.05, 0) is 31.9 Å². The average molecular weight is 310 g/mol. The molecule has 2 aliphatic carbocycles. The maximum atomic E-state index is 13.1. The number of nitrogens with one attached hydrogen (secondary N) is 1. The highest BCUT2D eigenvalue weighted by Gasteiger charge is 2.49. The zero-order valence-electron chi connectivity index (χ0n) is 12.9. The molecule has 3 fully saturated rings. The summed E-state index contributed by atoms with van der Waals surface area (Å²) < 4.78 is 0. The first-order valence-electron chi connectivity index (χ1n) is 8.31. The summed E-state index contributed by atoms with van der Waals surface area (Å²) in [7, 11) is 0. The fourth-order valence-electron chi connectivity index (χ4n) is 4.33. The summed E-state index contributed by atoms with van der Waals surface area (Å²) in [5.41, 5.74) is -0.575. The molecule has 0 radical (unpaired) electrons. The second-order valence-corrected chi connectivity index (χ2v) is 7.83. The van der Waals surface area contributed by atoms with Crippen LogP contribution in [0.4, 0.5) is 0 Å². The molecule has 118 valence electrons. The first-order valence-corrected chi connectivity index (χ1v) is 9.60. The molecule has 3 rings (SSSR count). The summed E-state index contributed by atoms with van der Waals surface area (Å²) in [5, 5.41) is 3.54. The Balaban J connectivity index is 1.83. The summed E-state index contributed by atoms with van der Waals surface area (Å²) in [6.07, 6.45) is 11.7. The average Bonchev–Trinajstić information content (AvgIpc) is 2.52. The molecule has 4 nitrogen and oxygen atoms in total. The standard InChI is InChI=1S/C16H26N2O2S/c1-21-13-8-4-3-7-12(13)18-11-14(19)17-16(15(18)20)9-5-2-6-10-16/h12-13H,2-11H2,1H3,(H,17,19). The van der Waals surface area contributed by atoms with Crippen LogP contribution >= 0.6 is 11.8 Å². The Hall–Kier alpha value is -0.710. The molecular weight excluding hydrogens is 284 g/mol. The molecule has 0 aromatic carbocycles. The van der Waals surface area contributed by atoms with Gasteiger partial charge in [0.05, 0.1) is 6.54 Å². The third-order valence-corrected chi connectivity index (χ3v) is 6.60. The maximum absolute atomic E-state index is 13.1. The summed E-state index contributed by atoms with van der Waals surface area (Å²) in [6.45, 7) is 0.266. The van der Waals surface area contributed by atoms with Crippen LogP contribution in [0.25, 0.3) is 0 Å². The molecular formula is C16H26N2O2S. The molecule has 1 saturated heterocycles. The van der Waals surface area contributed by atoms with Crippen molar-refractivity contribution in [3.8, 4) is 0 Å². The second kappa shape index (κ2) is 6.19. The minimum atomic E-state index is -0.575. The molecule has 5 heteroatoms. The van der Waals surface area contributed by atoms with Crippen LogP contribution in [0.1, 0.15) is 57.8 Å². The second-order valence-electron chi connectivity index (χ2n) is 6.75. The van der Waals surface area contributed by atoms with Crippen molar-refractivity contribution in [1.29, 1.82) is 0 Å². The van der Waals surface area contributed by atoms with Gasteiger partial charge in [0.25, 0.3) is 0 Å². The highest BCUT2D eigenvalue weighted by molar-refractivity contribution is 7.99. The largest absolute Gasteiger partial charge is 0.340 e. The monoisotopic (exact) mass is 310 g/mol. The smallest absolute Gasteiger partial charge is 0.249 e. The third-order valence-electron chi connectivity index (χ3n) is 5.44. The predicted molar refractivity (Wildman–Crippen MR) is 85.2 cm³/mol. The van der Waals surface area contributed by atoms with E-state index < -0.39 is 5.54 Å². The lowest BCUT2D eigenvalue weighted by atomic mass is 9.78. The Morgan fingerprint density at radius 1 is 1.10 bits per heavy atom. The number of hydrogen-bond acceptors (Lipinski definition) is 3. The number of thioether (sulfide) groups is 1. The van der Waals surface area contributed by atoms with Crippen LogP contribution in [0.3, 0.4) is 0 Å². The van der Waals surface area contributed by atoms with Crippen LogP contribution < -0.4 is 5.32 Å². The van der Waals surface area contributed by atoms with Gasteiger partial charge in [0.1, 0.15) is 5.54 Å². The van der Waals surface area contributed by atoms with Crippen molar-refractivity contribution in [2.75, 3.05) is 12.8 Å². The number of rotatable bonds is 2. The van der Waals surface area contributed by atoms with E-state index in [1.165, 1.54) is 25.7 Å². The molecule has 3 aliphatic rings. The van der Waals surface area contributed by atoms with Crippen LogP contribution in [-0.2, 0) is 9.59 Å². The van der Waals surface area contributed by atoms with Crippen molar-refractivity contribution < 1.29 is 9.59 Å². The zero-order valence-corrected chi connectivity index (χ0v) is 13.7. The first kappa shape index (κ1) is 15.2. The van der Waals surface area contributed by atoms with E-state index in [2.05, 4.69) is 11.6 Å². The predicted octanol–water partition coefficient (Wildman–Crippen LogP) is 2.32. The Kier molecular flexibility index (Phi) is 4.48. The first-order chi connectivity index (χ1) is 10.2. The third kappa shape index (κ3) is 2.81. The van der Waals surface area contributed by atoms with Crippen molar-refractivity contribution in [3.63, 3.8) is 0 Å². The Morgan fingerprint density at radius 2 is 1.81 bits per heavy atom. The van der Waals surface area contributed by atoms with Gasteiger partial charge in [0.15, 0.2) is 0 Å². The number of hydrogen-bond donors (Lipinski definition) is 1. The number of amides is 2. The molecule has 2 saturated carbocycles. The molecule has 1 spiro atoms. The van der Waals surface area contributed by atoms with Crippen LogP contribution in [0.15, 0.2) is 0 Å². The number of piperazine rings is 1. The van der Waals surface area contributed by atoms with E-state index in [1.807, 2.05) is 16.7 Å². The van der Waals surface area contributed by atoms with Gasteiger partial charge in [-0.25, -0.2) is 0 Å². The van der Waals surface area contributed by atoms with Gasteiger partial charge in [-0.3, -0.25) is 9.59 Å². The lowest BCUT2D eigenvalue weighted by Gasteiger charge is -2.48. The molecule has 21 heavy (non-hydrogen) atoms. The van der Waals surface area contributed by atoms with E-state index in [9.17, 15) is 9.59 Å². The lowest BCUT2D eigenvalue weighted by molar-refractivity contribution is -0.154. The van der Waals surface area contributed by atoms with Crippen molar-refractivity contribution in [2.45, 2.75) is 74.6 Å². The molecule has 2 atom stereocenters. The van der Waals surface area contributed by atoms with Gasteiger partial charge < -0.3 is 10.2 Å². The van der Waals surface area contributed by atoms with Crippen molar-refractivity contribution in [2.24, 2.45) is 0 Å². The van der Waals surface area contributed by atoms with E-state index in [-0.39, 0.29) is 24.4 Å². The summed E-state index contributed by atoms with van der Waals surface area (Å²) in [6, 6.07) is 0.256. The van der Waals surface area contributed by atoms with Crippen molar-refractivity contribution in [3.05, 3.63) is 0 Å². The molecule has 0 bridgehead atoms. The van der Waals surface area contributed by atoms with Crippen LogP contribution in [0, 0.1) is 0 Å². The van der Waals surface area contributed by atoms with Gasteiger partial charge in [-0.15, -0.1) is 0 Å². The number of carbonyl (C=O) groups excluding carboxylic acids is 2. The van der Waals surface area contributed by atoms with Gasteiger partial charge >= 0.3 is 0 Å². The van der Waals surface area contributed by atoms with Gasteiger partial charge in [0.2, 0.25) is 11.8 Å². The minimum Gasteiger partial charge on any atom is -0.340 e. The van der Waals surface area contributed by atoms with E-state index in [4.69, 9.17) is 0 Å². The number of nitrogens with zero attached hydrogens (tertiary/aromatic N) is 1. The van der Waals surface area contributed by atoms with Crippen LogP contribution in [-0.4, -0.2) is 46.3 Å². The van der Waals surface area contributed by atoms with E-state index in [0.29, 0.717) is 5.25 Å². The molecule has 0 aromatic heterocycles. The highest BCUT2D eigenvalue weighted by atomic mass is 32.2. The molecule has 2 unspecified atom stereocenters. The Labute approximate surface area is 131 Å². The maximum Gasteiger partial charge on any atom is 0.249 e. The molecule has 2 amide bonds. The van der Waals surface area contributed by atoms with E-state index in [1.54, 1.807) is 0 Å². The highest BCUT2D eigenvalue weighted by Crippen LogP contribution is 2.37. The minimum absolute atomic E-state index is 0.0435. The Morgan fingerprint density at radius 3 is 2.52 bits per heavy atom. The van der Waals surface area contributed by atoms with E-state index in [0.717, 1.165) is 32.1 Å². The topological polar surface area (TPSA) is 49.4 Å². The van der Waals surface area contributed by atoms with E-state index >= 15 is 0 Å². The molecule has 1 N–H and O–H groups in total. The normalized spacial score (nSPS) is 33.1. The molecule has 1 heterocycles. The van der Waals surface area contributed by atoms with Crippen molar-refractivity contribution >= 4 is 23.6 Å². The quantitative estimate of drug-likeness (QED) is 0.851. The molecule has 1 aliphatic heterocycles. The summed E-state index contributed by atoms with van der Waals surface area (Å²) >= 11 is 1.86. The van der Waals surface area contributed by atoms with Gasteiger partial charge in [-0.2, -0.15) is 11.8 Å². The Bertz CT molecular complexity index is 421. The van der Waals surface area contributed by atoms with Crippen molar-refractivity contribution in [1.82, 2.24) is 10.2 Å².